The number of piperidine rings is 1. The van der Waals surface area contributed by atoms with Gasteiger partial charge in [0.1, 0.15) is 0 Å². The van der Waals surface area contributed by atoms with Crippen LogP contribution < -0.4 is 5.32 Å². The highest BCUT2D eigenvalue weighted by molar-refractivity contribution is 9.09. The van der Waals surface area contributed by atoms with Crippen LogP contribution in [0.3, 0.4) is 0 Å². The molecule has 3 aliphatic carbocycles. The minimum atomic E-state index is -1.34. The van der Waals surface area contributed by atoms with Crippen LogP contribution in [0.1, 0.15) is 39.0 Å². The molecule has 128 valence electrons. The maximum Gasteiger partial charge on any atom is 0.0794 e. The Hall–Kier alpha value is 0.137. The van der Waals surface area contributed by atoms with E-state index >= 15 is 0 Å². The van der Waals surface area contributed by atoms with Crippen LogP contribution in [0.2, 0.25) is 18.6 Å². The fraction of sp³-hybridized carbons (Fsp3) is 0.800. The fourth-order valence-electron chi connectivity index (χ4n) is 6.74. The second-order valence-corrected chi connectivity index (χ2v) is 15.0. The van der Waals surface area contributed by atoms with Crippen molar-refractivity contribution in [1.29, 1.82) is 0 Å². The number of halogens is 1. The summed E-state index contributed by atoms with van der Waals surface area (Å²) in [4.78, 5) is 0.756. The van der Waals surface area contributed by atoms with E-state index in [-0.39, 0.29) is 0 Å². The average Bonchev–Trinajstić information content (AvgIpc) is 3.15. The van der Waals surface area contributed by atoms with Gasteiger partial charge in [-0.25, -0.2) is 0 Å². The van der Waals surface area contributed by atoms with Gasteiger partial charge in [0.15, 0.2) is 0 Å². The van der Waals surface area contributed by atoms with E-state index in [0.717, 1.165) is 40.1 Å². The van der Waals surface area contributed by atoms with Crippen molar-refractivity contribution in [2.75, 3.05) is 6.54 Å². The first-order valence-electron chi connectivity index (χ1n) is 9.73. The molecule has 0 spiro atoms. The number of hydrogen-bond acceptors (Lipinski definition) is 1. The van der Waals surface area contributed by atoms with Gasteiger partial charge in [-0.3, -0.25) is 0 Å². The van der Waals surface area contributed by atoms with Gasteiger partial charge < -0.3 is 5.32 Å². The summed E-state index contributed by atoms with van der Waals surface area (Å²) in [5.41, 5.74) is 0.975. The summed E-state index contributed by atoms with van der Waals surface area (Å²) in [6.45, 7) is 9.14. The van der Waals surface area contributed by atoms with Crippen LogP contribution in [0.4, 0.5) is 0 Å². The number of nitrogens with one attached hydrogen (secondary N) is 1. The lowest BCUT2D eigenvalue weighted by Gasteiger charge is -2.49. The summed E-state index contributed by atoms with van der Waals surface area (Å²) < 4.78 is 0. The highest BCUT2D eigenvalue weighted by Gasteiger charge is 2.56. The molecule has 7 unspecified atom stereocenters. The third kappa shape index (κ3) is 2.66. The van der Waals surface area contributed by atoms with Gasteiger partial charge >= 0.3 is 0 Å². The van der Waals surface area contributed by atoms with Crippen LogP contribution in [-0.4, -0.2) is 25.5 Å². The lowest BCUT2D eigenvalue weighted by Crippen LogP contribution is -2.53. The Morgan fingerprint density at radius 1 is 1.17 bits per heavy atom. The molecule has 1 nitrogen and oxygen atoms in total. The predicted octanol–water partition coefficient (Wildman–Crippen LogP) is 5.30. The lowest BCUT2D eigenvalue weighted by atomic mass is 9.70. The van der Waals surface area contributed by atoms with Crippen molar-refractivity contribution in [1.82, 2.24) is 5.32 Å². The molecule has 4 rings (SSSR count). The number of allylic oxidation sites excluding steroid dienone is 4. The van der Waals surface area contributed by atoms with E-state index in [0.29, 0.717) is 0 Å². The van der Waals surface area contributed by atoms with Crippen LogP contribution in [0, 0.1) is 23.7 Å². The largest absolute Gasteiger partial charge is 0.314 e. The molecule has 3 fully saturated rings. The second kappa shape index (κ2) is 6.14. The van der Waals surface area contributed by atoms with Crippen molar-refractivity contribution in [2.45, 2.75) is 68.5 Å². The van der Waals surface area contributed by atoms with E-state index in [2.05, 4.69) is 59.5 Å². The van der Waals surface area contributed by atoms with Crippen LogP contribution in [0.5, 0.6) is 0 Å². The molecule has 0 aromatic rings. The summed E-state index contributed by atoms with van der Waals surface area (Å²) in [6, 6.07) is 0.780. The summed E-state index contributed by atoms with van der Waals surface area (Å²) in [5, 5.41) is 5.68. The second-order valence-electron chi connectivity index (χ2n) is 9.16. The molecule has 23 heavy (non-hydrogen) atoms. The van der Waals surface area contributed by atoms with Gasteiger partial charge in [0.25, 0.3) is 0 Å². The molecule has 1 saturated heterocycles. The van der Waals surface area contributed by atoms with E-state index in [9.17, 15) is 0 Å². The van der Waals surface area contributed by atoms with Gasteiger partial charge in [0.2, 0.25) is 0 Å². The van der Waals surface area contributed by atoms with E-state index in [1.165, 1.54) is 38.6 Å². The average molecular weight is 394 g/mol. The van der Waals surface area contributed by atoms with Crippen molar-refractivity contribution in [3.63, 3.8) is 0 Å². The first-order chi connectivity index (χ1) is 11.0. The highest BCUT2D eigenvalue weighted by Crippen LogP contribution is 2.60. The van der Waals surface area contributed by atoms with Gasteiger partial charge in [-0.2, -0.15) is 0 Å². The summed E-state index contributed by atoms with van der Waals surface area (Å²) in [6.07, 6.45) is 14.1. The van der Waals surface area contributed by atoms with Gasteiger partial charge in [-0.15, -0.1) is 0 Å². The van der Waals surface area contributed by atoms with Gasteiger partial charge in [-0.1, -0.05) is 59.4 Å². The molecule has 0 radical (unpaired) electrons. The summed E-state index contributed by atoms with van der Waals surface area (Å²) in [7, 11) is -1.34. The van der Waals surface area contributed by atoms with Gasteiger partial charge in [-0.05, 0) is 67.9 Å². The fourth-order valence-corrected chi connectivity index (χ4v) is 12.6. The zero-order valence-electron chi connectivity index (χ0n) is 14.9. The number of rotatable bonds is 2. The highest BCUT2D eigenvalue weighted by atomic mass is 79.9. The van der Waals surface area contributed by atoms with Crippen molar-refractivity contribution in [2.24, 2.45) is 23.7 Å². The quantitative estimate of drug-likeness (QED) is 0.495. The molecule has 1 aliphatic heterocycles. The van der Waals surface area contributed by atoms with Crippen molar-refractivity contribution in [3.8, 4) is 0 Å². The minimum Gasteiger partial charge on any atom is -0.314 e. The monoisotopic (exact) mass is 393 g/mol. The maximum atomic E-state index is 4.19. The molecule has 0 aromatic carbocycles. The van der Waals surface area contributed by atoms with Gasteiger partial charge in [0, 0.05) is 10.9 Å². The SMILES string of the molecule is CC1CC2C(Br)C3CCCNC3CC2C1[Si](C)(C)C1=CC=CC1. The first kappa shape index (κ1) is 16.6. The molecule has 3 heteroatoms. The molecular formula is C20H32BrNSi. The third-order valence-electron chi connectivity index (χ3n) is 7.68. The zero-order chi connectivity index (χ0) is 16.2. The maximum absolute atomic E-state index is 4.19. The minimum absolute atomic E-state index is 0.756. The number of fused-ring (bicyclic) bond motifs is 2. The number of hydrogen-bond donors (Lipinski definition) is 1. The Kier molecular flexibility index (Phi) is 4.43. The van der Waals surface area contributed by atoms with Crippen LogP contribution in [0.15, 0.2) is 23.4 Å². The zero-order valence-corrected chi connectivity index (χ0v) is 17.5. The third-order valence-corrected chi connectivity index (χ3v) is 13.7. The molecule has 1 heterocycles. The lowest BCUT2D eigenvalue weighted by molar-refractivity contribution is 0.138. The van der Waals surface area contributed by atoms with Crippen molar-refractivity contribution >= 4 is 24.0 Å². The van der Waals surface area contributed by atoms with E-state index < -0.39 is 8.07 Å². The Morgan fingerprint density at radius 2 is 2.00 bits per heavy atom. The van der Waals surface area contributed by atoms with E-state index in [4.69, 9.17) is 0 Å². The summed E-state index contributed by atoms with van der Waals surface area (Å²) >= 11 is 4.19. The molecule has 1 N–H and O–H groups in total. The van der Waals surface area contributed by atoms with Crippen LogP contribution in [-0.2, 0) is 0 Å². The molecule has 4 aliphatic rings. The van der Waals surface area contributed by atoms with Crippen LogP contribution in [0.25, 0.3) is 0 Å². The molecule has 0 aromatic heterocycles. The first-order valence-corrected chi connectivity index (χ1v) is 13.7. The van der Waals surface area contributed by atoms with E-state index in [1.807, 2.05) is 0 Å². The van der Waals surface area contributed by atoms with E-state index in [1.54, 1.807) is 5.20 Å². The standard InChI is InChI=1S/C20H32BrNSi/c1-13-11-16-17(12-18-15(19(16)21)9-6-10-22-18)20(13)23(2,3)14-7-4-5-8-14/h4-5,7,13,15-20,22H,6,8-12H2,1-3H3. The Balaban J connectivity index is 1.62. The molecular weight excluding hydrogens is 362 g/mol. The molecule has 0 bridgehead atoms. The molecule has 7 atom stereocenters. The molecule has 2 saturated carbocycles. The Labute approximate surface area is 151 Å². The Morgan fingerprint density at radius 3 is 2.74 bits per heavy atom. The van der Waals surface area contributed by atoms with Gasteiger partial charge in [0.05, 0.1) is 8.07 Å². The number of alkyl halides is 1. The van der Waals surface area contributed by atoms with Crippen molar-refractivity contribution < 1.29 is 0 Å². The van der Waals surface area contributed by atoms with Crippen molar-refractivity contribution in [3.05, 3.63) is 23.4 Å². The smallest absolute Gasteiger partial charge is 0.0794 e. The summed E-state index contributed by atoms with van der Waals surface area (Å²) in [5.74, 6) is 3.67. The molecule has 0 amide bonds. The van der Waals surface area contributed by atoms with Crippen LogP contribution >= 0.6 is 15.9 Å². The predicted molar refractivity (Wildman–Crippen MR) is 106 cm³/mol. The Bertz CT molecular complexity index is 526. The normalized spacial score (nSPS) is 46.4. The topological polar surface area (TPSA) is 12.0 Å².